The summed E-state index contributed by atoms with van der Waals surface area (Å²) in [6.45, 7) is 2.09. The molecule has 7 heteroatoms. The Balaban J connectivity index is 1.32. The van der Waals surface area contributed by atoms with Gasteiger partial charge in [0.2, 0.25) is 5.88 Å². The Morgan fingerprint density at radius 2 is 1.50 bits per heavy atom. The second-order valence-corrected chi connectivity index (χ2v) is 6.58. The Kier molecular flexibility index (Phi) is 5.70. The van der Waals surface area contributed by atoms with Gasteiger partial charge in [-0.1, -0.05) is 19.1 Å². The minimum atomic E-state index is -0.306. The number of hydrogen-bond donors (Lipinski definition) is 2. The first-order chi connectivity index (χ1) is 14.7. The van der Waals surface area contributed by atoms with Crippen LogP contribution < -0.4 is 15.4 Å². The van der Waals surface area contributed by atoms with Gasteiger partial charge in [-0.05, 0) is 66.6 Å². The molecule has 2 heterocycles. The molecule has 150 valence electrons. The second-order valence-electron chi connectivity index (χ2n) is 6.58. The highest BCUT2D eigenvalue weighted by atomic mass is 16.5. The van der Waals surface area contributed by atoms with E-state index < -0.39 is 0 Å². The van der Waals surface area contributed by atoms with Crippen molar-refractivity contribution in [2.45, 2.75) is 13.3 Å². The molecule has 2 aromatic carbocycles. The molecular weight excluding hydrogens is 378 g/mol. The number of aryl methyl sites for hydroxylation is 1. The Labute approximate surface area is 174 Å². The van der Waals surface area contributed by atoms with E-state index in [0.717, 1.165) is 12.1 Å². The van der Waals surface area contributed by atoms with Gasteiger partial charge in [0.1, 0.15) is 5.75 Å². The van der Waals surface area contributed by atoms with Gasteiger partial charge >= 0.3 is 6.03 Å². The van der Waals surface area contributed by atoms with Crippen molar-refractivity contribution in [2.75, 3.05) is 10.6 Å². The molecule has 0 spiro atoms. The van der Waals surface area contributed by atoms with Gasteiger partial charge < -0.3 is 19.9 Å². The molecule has 0 fully saturated rings. The maximum absolute atomic E-state index is 12.2. The average molecular weight is 399 g/mol. The molecule has 0 bridgehead atoms. The Hall–Kier alpha value is -4.13. The van der Waals surface area contributed by atoms with E-state index >= 15 is 0 Å². The minimum Gasteiger partial charge on any atom is -0.438 e. The number of hydrogen-bond acceptors (Lipinski definition) is 4. The van der Waals surface area contributed by atoms with Crippen LogP contribution in [-0.2, 0) is 6.42 Å². The normalized spacial score (nSPS) is 10.4. The summed E-state index contributed by atoms with van der Waals surface area (Å²) in [5.74, 6) is 1.70. The third kappa shape index (κ3) is 4.82. The van der Waals surface area contributed by atoms with E-state index in [1.807, 2.05) is 59.4 Å². The maximum Gasteiger partial charge on any atom is 0.323 e. The minimum absolute atomic E-state index is 0.306. The van der Waals surface area contributed by atoms with Gasteiger partial charge in [-0.25, -0.2) is 4.79 Å². The number of carbonyl (C=O) groups excluding carboxylic acids is 1. The van der Waals surface area contributed by atoms with Crippen LogP contribution in [0.2, 0.25) is 0 Å². The van der Waals surface area contributed by atoms with Gasteiger partial charge in [0.25, 0.3) is 0 Å². The molecule has 0 radical (unpaired) electrons. The fourth-order valence-corrected chi connectivity index (χ4v) is 2.84. The van der Waals surface area contributed by atoms with Crippen molar-refractivity contribution >= 4 is 17.4 Å². The standard InChI is InChI=1S/C23H21N5O2/c1-2-17-5-7-18(8-6-17)24-23(29)25-19-9-11-20(12-10-19)30-22-14-13-21(26-27-22)28-15-3-4-16-28/h3-16H,2H2,1H3,(H2,24,25,29). The summed E-state index contributed by atoms with van der Waals surface area (Å²) in [6, 6.07) is 21.9. The molecular formula is C23H21N5O2. The molecule has 2 N–H and O–H groups in total. The van der Waals surface area contributed by atoms with Gasteiger partial charge in [0, 0.05) is 29.8 Å². The molecule has 4 aromatic rings. The lowest BCUT2D eigenvalue weighted by Gasteiger charge is -2.09. The molecule has 0 atom stereocenters. The number of aromatic nitrogens is 3. The Bertz CT molecular complexity index is 1090. The van der Waals surface area contributed by atoms with Crippen molar-refractivity contribution in [1.29, 1.82) is 0 Å². The zero-order valence-electron chi connectivity index (χ0n) is 16.4. The molecule has 0 aliphatic rings. The van der Waals surface area contributed by atoms with Crippen molar-refractivity contribution in [3.8, 4) is 17.4 Å². The van der Waals surface area contributed by atoms with Crippen LogP contribution in [0, 0.1) is 0 Å². The van der Waals surface area contributed by atoms with E-state index in [9.17, 15) is 4.79 Å². The van der Waals surface area contributed by atoms with Gasteiger partial charge in [0.05, 0.1) is 0 Å². The quantitative estimate of drug-likeness (QED) is 0.463. The van der Waals surface area contributed by atoms with E-state index in [0.29, 0.717) is 23.1 Å². The van der Waals surface area contributed by atoms with Crippen molar-refractivity contribution in [3.63, 3.8) is 0 Å². The van der Waals surface area contributed by atoms with Crippen molar-refractivity contribution in [3.05, 3.63) is 90.8 Å². The van der Waals surface area contributed by atoms with Crippen LogP contribution in [0.4, 0.5) is 16.2 Å². The zero-order chi connectivity index (χ0) is 20.8. The number of urea groups is 1. The molecule has 0 aliphatic heterocycles. The number of nitrogens with one attached hydrogen (secondary N) is 2. The van der Waals surface area contributed by atoms with E-state index in [-0.39, 0.29) is 6.03 Å². The number of benzene rings is 2. The molecule has 7 nitrogen and oxygen atoms in total. The van der Waals surface area contributed by atoms with Gasteiger partial charge in [-0.15, -0.1) is 10.2 Å². The Morgan fingerprint density at radius 1 is 0.867 bits per heavy atom. The first-order valence-corrected chi connectivity index (χ1v) is 9.61. The van der Waals surface area contributed by atoms with Gasteiger partial charge in [0.15, 0.2) is 5.82 Å². The SMILES string of the molecule is CCc1ccc(NC(=O)Nc2ccc(Oc3ccc(-n4cccc4)nn3)cc2)cc1. The fraction of sp³-hybridized carbons (Fsp3) is 0.0870. The molecule has 0 saturated carbocycles. The first kappa shape index (κ1) is 19.2. The predicted molar refractivity (Wildman–Crippen MR) is 116 cm³/mol. The van der Waals surface area contributed by atoms with Gasteiger partial charge in [-0.2, -0.15) is 0 Å². The lowest BCUT2D eigenvalue weighted by Crippen LogP contribution is -2.19. The lowest BCUT2D eigenvalue weighted by atomic mass is 10.1. The molecule has 4 rings (SSSR count). The van der Waals surface area contributed by atoms with Crippen molar-refractivity contribution in [1.82, 2.24) is 14.8 Å². The van der Waals surface area contributed by atoms with Crippen LogP contribution in [0.5, 0.6) is 11.6 Å². The van der Waals surface area contributed by atoms with Crippen LogP contribution >= 0.6 is 0 Å². The van der Waals surface area contributed by atoms with Crippen LogP contribution in [-0.4, -0.2) is 20.8 Å². The predicted octanol–water partition coefficient (Wildman–Crippen LogP) is 5.27. The molecule has 0 aliphatic carbocycles. The highest BCUT2D eigenvalue weighted by Crippen LogP contribution is 2.22. The highest BCUT2D eigenvalue weighted by molar-refractivity contribution is 5.99. The van der Waals surface area contributed by atoms with Crippen molar-refractivity contribution in [2.24, 2.45) is 0 Å². The third-order valence-electron chi connectivity index (χ3n) is 4.45. The monoisotopic (exact) mass is 399 g/mol. The van der Waals surface area contributed by atoms with Crippen LogP contribution in [0.25, 0.3) is 5.82 Å². The summed E-state index contributed by atoms with van der Waals surface area (Å²) >= 11 is 0. The molecule has 30 heavy (non-hydrogen) atoms. The molecule has 2 aromatic heterocycles. The lowest BCUT2D eigenvalue weighted by molar-refractivity contribution is 0.262. The number of nitrogens with zero attached hydrogens (tertiary/aromatic N) is 3. The highest BCUT2D eigenvalue weighted by Gasteiger charge is 2.05. The number of rotatable bonds is 6. The summed E-state index contributed by atoms with van der Waals surface area (Å²) in [7, 11) is 0. The van der Waals surface area contributed by atoms with E-state index in [2.05, 4.69) is 27.8 Å². The van der Waals surface area contributed by atoms with E-state index in [1.165, 1.54) is 5.56 Å². The average Bonchev–Trinajstić information content (AvgIpc) is 3.31. The number of amides is 2. The van der Waals surface area contributed by atoms with Crippen molar-refractivity contribution < 1.29 is 9.53 Å². The summed E-state index contributed by atoms with van der Waals surface area (Å²) < 4.78 is 7.58. The van der Waals surface area contributed by atoms with E-state index in [1.54, 1.807) is 30.3 Å². The third-order valence-corrected chi connectivity index (χ3v) is 4.45. The maximum atomic E-state index is 12.2. The van der Waals surface area contributed by atoms with Crippen LogP contribution in [0.1, 0.15) is 12.5 Å². The summed E-state index contributed by atoms with van der Waals surface area (Å²) in [5, 5.41) is 13.8. The smallest absolute Gasteiger partial charge is 0.323 e. The van der Waals surface area contributed by atoms with E-state index in [4.69, 9.17) is 4.74 Å². The summed E-state index contributed by atoms with van der Waals surface area (Å²) in [6.07, 6.45) is 4.75. The zero-order valence-corrected chi connectivity index (χ0v) is 16.4. The molecule has 0 saturated heterocycles. The second kappa shape index (κ2) is 8.91. The van der Waals surface area contributed by atoms with Gasteiger partial charge in [-0.3, -0.25) is 0 Å². The number of carbonyl (C=O) groups is 1. The molecule has 2 amide bonds. The fourth-order valence-electron chi connectivity index (χ4n) is 2.84. The molecule has 0 unspecified atom stereocenters. The first-order valence-electron chi connectivity index (χ1n) is 9.61. The number of ether oxygens (including phenoxy) is 1. The largest absolute Gasteiger partial charge is 0.438 e. The number of anilines is 2. The summed E-state index contributed by atoms with van der Waals surface area (Å²) in [5.41, 5.74) is 2.62. The summed E-state index contributed by atoms with van der Waals surface area (Å²) in [4.78, 5) is 12.2. The van der Waals surface area contributed by atoms with Crippen LogP contribution in [0.15, 0.2) is 85.2 Å². The topological polar surface area (TPSA) is 81.1 Å². The van der Waals surface area contributed by atoms with Crippen LogP contribution in [0.3, 0.4) is 0 Å². The Morgan fingerprint density at radius 3 is 2.07 bits per heavy atom.